The van der Waals surface area contributed by atoms with E-state index >= 15 is 0 Å². The molecule has 2 aromatic rings. The molecule has 1 heterocycles. The van der Waals surface area contributed by atoms with Crippen LogP contribution in [0.1, 0.15) is 50.3 Å². The van der Waals surface area contributed by atoms with Gasteiger partial charge in [0.15, 0.2) is 11.7 Å². The Morgan fingerprint density at radius 2 is 1.91 bits per heavy atom. The molecule has 2 fully saturated rings. The minimum atomic E-state index is -0.706. The van der Waals surface area contributed by atoms with E-state index in [0.29, 0.717) is 5.92 Å². The van der Waals surface area contributed by atoms with Crippen molar-refractivity contribution in [3.8, 4) is 11.3 Å². The number of nitrogens with zero attached hydrogens (tertiary/aromatic N) is 1. The SMILES string of the molecule is NC1(C(=O)Nc2ccc(-c3cnc(C4CC4)o3)cc2)CCCC1. The fourth-order valence-electron chi connectivity index (χ4n) is 3.15. The van der Waals surface area contributed by atoms with Crippen molar-refractivity contribution in [3.63, 3.8) is 0 Å². The number of rotatable bonds is 4. The highest BCUT2D eigenvalue weighted by Gasteiger charge is 2.37. The van der Waals surface area contributed by atoms with Crippen molar-refractivity contribution >= 4 is 11.6 Å². The Bertz CT molecular complexity index is 710. The highest BCUT2D eigenvalue weighted by atomic mass is 16.4. The Morgan fingerprint density at radius 3 is 2.57 bits per heavy atom. The summed E-state index contributed by atoms with van der Waals surface area (Å²) < 4.78 is 5.79. The predicted molar refractivity (Wildman–Crippen MR) is 87.9 cm³/mol. The summed E-state index contributed by atoms with van der Waals surface area (Å²) in [6.45, 7) is 0. The van der Waals surface area contributed by atoms with E-state index in [1.807, 2.05) is 24.3 Å². The number of hydrogen-bond donors (Lipinski definition) is 2. The van der Waals surface area contributed by atoms with Gasteiger partial charge in [-0.3, -0.25) is 4.79 Å². The maximum absolute atomic E-state index is 12.3. The first-order valence-electron chi connectivity index (χ1n) is 8.31. The zero-order valence-corrected chi connectivity index (χ0v) is 13.0. The molecule has 1 aromatic carbocycles. The zero-order valence-electron chi connectivity index (χ0n) is 13.0. The van der Waals surface area contributed by atoms with Crippen LogP contribution in [0.25, 0.3) is 11.3 Å². The van der Waals surface area contributed by atoms with Crippen LogP contribution in [0.3, 0.4) is 0 Å². The second-order valence-corrected chi connectivity index (χ2v) is 6.73. The predicted octanol–water partition coefficient (Wildman–Crippen LogP) is 3.43. The molecule has 0 bridgehead atoms. The molecular weight excluding hydrogens is 290 g/mol. The molecule has 4 rings (SSSR count). The number of hydrogen-bond acceptors (Lipinski definition) is 4. The van der Waals surface area contributed by atoms with Crippen molar-refractivity contribution in [1.82, 2.24) is 4.98 Å². The van der Waals surface area contributed by atoms with Crippen molar-refractivity contribution in [2.75, 3.05) is 5.32 Å². The average molecular weight is 311 g/mol. The molecule has 0 saturated heterocycles. The van der Waals surface area contributed by atoms with Gasteiger partial charge >= 0.3 is 0 Å². The van der Waals surface area contributed by atoms with E-state index in [0.717, 1.165) is 48.6 Å². The van der Waals surface area contributed by atoms with Gasteiger partial charge in [-0.2, -0.15) is 0 Å². The van der Waals surface area contributed by atoms with Gasteiger partial charge in [0.2, 0.25) is 5.91 Å². The molecule has 0 atom stereocenters. The fraction of sp³-hybridized carbons (Fsp3) is 0.444. The zero-order chi connectivity index (χ0) is 15.9. The molecule has 0 unspecified atom stereocenters. The van der Waals surface area contributed by atoms with Gasteiger partial charge in [0.25, 0.3) is 0 Å². The summed E-state index contributed by atoms with van der Waals surface area (Å²) in [5, 5.41) is 2.93. The molecule has 5 heteroatoms. The van der Waals surface area contributed by atoms with Gasteiger partial charge in [-0.15, -0.1) is 0 Å². The van der Waals surface area contributed by atoms with Crippen molar-refractivity contribution in [2.24, 2.45) is 5.73 Å². The van der Waals surface area contributed by atoms with Crippen LogP contribution in [-0.2, 0) is 4.79 Å². The summed E-state index contributed by atoms with van der Waals surface area (Å²) in [5.74, 6) is 2.03. The van der Waals surface area contributed by atoms with E-state index in [2.05, 4.69) is 10.3 Å². The molecular formula is C18H21N3O2. The van der Waals surface area contributed by atoms with Crippen LogP contribution in [0.4, 0.5) is 5.69 Å². The molecule has 2 saturated carbocycles. The van der Waals surface area contributed by atoms with Crippen LogP contribution in [-0.4, -0.2) is 16.4 Å². The van der Waals surface area contributed by atoms with E-state index in [1.54, 1.807) is 6.20 Å². The van der Waals surface area contributed by atoms with Crippen LogP contribution in [0, 0.1) is 0 Å². The summed E-state index contributed by atoms with van der Waals surface area (Å²) in [5.41, 5.74) is 7.19. The topological polar surface area (TPSA) is 81.2 Å². The van der Waals surface area contributed by atoms with Crippen molar-refractivity contribution in [2.45, 2.75) is 50.0 Å². The molecule has 0 radical (unpaired) electrons. The average Bonchev–Trinajstić information content (AvgIpc) is 3.11. The van der Waals surface area contributed by atoms with E-state index in [1.165, 1.54) is 12.8 Å². The number of carbonyl (C=O) groups is 1. The molecule has 23 heavy (non-hydrogen) atoms. The summed E-state index contributed by atoms with van der Waals surface area (Å²) in [4.78, 5) is 16.6. The van der Waals surface area contributed by atoms with Crippen molar-refractivity contribution < 1.29 is 9.21 Å². The quantitative estimate of drug-likeness (QED) is 0.906. The Morgan fingerprint density at radius 1 is 1.22 bits per heavy atom. The summed E-state index contributed by atoms with van der Waals surface area (Å²) in [6, 6.07) is 7.63. The number of amides is 1. The Labute approximate surface area is 135 Å². The van der Waals surface area contributed by atoms with Crippen LogP contribution in [0.5, 0.6) is 0 Å². The van der Waals surface area contributed by atoms with Gasteiger partial charge in [-0.25, -0.2) is 4.98 Å². The third kappa shape index (κ3) is 2.88. The minimum absolute atomic E-state index is 0.0848. The first kappa shape index (κ1) is 14.5. The van der Waals surface area contributed by atoms with Crippen molar-refractivity contribution in [3.05, 3.63) is 36.4 Å². The lowest BCUT2D eigenvalue weighted by Gasteiger charge is -2.22. The smallest absolute Gasteiger partial charge is 0.244 e. The highest BCUT2D eigenvalue weighted by molar-refractivity contribution is 5.98. The van der Waals surface area contributed by atoms with Gasteiger partial charge in [-0.1, -0.05) is 12.8 Å². The highest BCUT2D eigenvalue weighted by Crippen LogP contribution is 2.40. The second-order valence-electron chi connectivity index (χ2n) is 6.73. The molecule has 5 nitrogen and oxygen atoms in total. The Balaban J connectivity index is 1.45. The number of anilines is 1. The normalized spacial score (nSPS) is 19.7. The summed E-state index contributed by atoms with van der Waals surface area (Å²) >= 11 is 0. The van der Waals surface area contributed by atoms with Gasteiger partial charge in [0.1, 0.15) is 0 Å². The van der Waals surface area contributed by atoms with Crippen molar-refractivity contribution in [1.29, 1.82) is 0 Å². The number of aromatic nitrogens is 1. The number of carbonyl (C=O) groups excluding carboxylic acids is 1. The molecule has 2 aliphatic carbocycles. The molecule has 3 N–H and O–H groups in total. The molecule has 120 valence electrons. The molecule has 1 amide bonds. The number of nitrogens with two attached hydrogens (primary N) is 1. The number of nitrogens with one attached hydrogen (secondary N) is 1. The standard InChI is InChI=1S/C18H21N3O2/c19-18(9-1-2-10-18)17(22)21-14-7-5-12(6-8-14)15-11-20-16(23-15)13-3-4-13/h5-8,11,13H,1-4,9-10,19H2,(H,21,22). The molecule has 0 spiro atoms. The fourth-order valence-corrected chi connectivity index (χ4v) is 3.15. The van der Waals surface area contributed by atoms with E-state index in [-0.39, 0.29) is 5.91 Å². The molecule has 2 aliphatic rings. The maximum atomic E-state index is 12.3. The van der Waals surface area contributed by atoms with E-state index in [9.17, 15) is 4.79 Å². The van der Waals surface area contributed by atoms with Gasteiger partial charge in [0.05, 0.1) is 11.7 Å². The molecule has 1 aromatic heterocycles. The van der Waals surface area contributed by atoms with Gasteiger partial charge < -0.3 is 15.5 Å². The van der Waals surface area contributed by atoms with Gasteiger partial charge in [0, 0.05) is 17.2 Å². The lowest BCUT2D eigenvalue weighted by atomic mass is 9.98. The molecule has 0 aliphatic heterocycles. The second kappa shape index (κ2) is 5.49. The van der Waals surface area contributed by atoms with E-state index in [4.69, 9.17) is 10.2 Å². The van der Waals surface area contributed by atoms with Crippen LogP contribution < -0.4 is 11.1 Å². The largest absolute Gasteiger partial charge is 0.440 e. The maximum Gasteiger partial charge on any atom is 0.244 e. The Hall–Kier alpha value is -2.14. The third-order valence-corrected chi connectivity index (χ3v) is 4.83. The minimum Gasteiger partial charge on any atom is -0.440 e. The third-order valence-electron chi connectivity index (χ3n) is 4.83. The number of oxazole rings is 1. The van der Waals surface area contributed by atoms with Crippen LogP contribution >= 0.6 is 0 Å². The Kier molecular flexibility index (Phi) is 3.45. The first-order valence-corrected chi connectivity index (χ1v) is 8.31. The number of benzene rings is 1. The summed E-state index contributed by atoms with van der Waals surface area (Å²) in [6.07, 6.45) is 7.69. The van der Waals surface area contributed by atoms with Gasteiger partial charge in [-0.05, 0) is 49.9 Å². The summed E-state index contributed by atoms with van der Waals surface area (Å²) in [7, 11) is 0. The monoisotopic (exact) mass is 311 g/mol. The van der Waals surface area contributed by atoms with E-state index < -0.39 is 5.54 Å². The van der Waals surface area contributed by atoms with Crippen LogP contribution in [0.2, 0.25) is 0 Å². The lowest BCUT2D eigenvalue weighted by Crippen LogP contribution is -2.48. The van der Waals surface area contributed by atoms with Crippen LogP contribution in [0.15, 0.2) is 34.9 Å². The first-order chi connectivity index (χ1) is 11.1. The lowest BCUT2D eigenvalue weighted by molar-refractivity contribution is -0.121.